The number of hydrogen-bond donors (Lipinski definition) is 1. The summed E-state index contributed by atoms with van der Waals surface area (Å²) < 4.78 is 18.6. The third kappa shape index (κ3) is 10.8. The molecule has 0 bridgehead atoms. The minimum atomic E-state index is -2.04. The number of urea groups is 1. The minimum absolute atomic E-state index is 0.0789. The van der Waals surface area contributed by atoms with Crippen molar-refractivity contribution in [1.82, 2.24) is 14.7 Å². The highest BCUT2D eigenvalue weighted by atomic mass is 35.5. The van der Waals surface area contributed by atoms with Crippen LogP contribution in [0, 0.1) is 0 Å². The molecule has 0 saturated carbocycles. The Morgan fingerprint density at radius 3 is 2.00 bits per heavy atom. The van der Waals surface area contributed by atoms with Gasteiger partial charge in [0.15, 0.2) is 0 Å². The molecule has 7 nitrogen and oxygen atoms in total. The number of benzene rings is 3. The number of amides is 2. The summed E-state index contributed by atoms with van der Waals surface area (Å²) in [5, 5.41) is 1.32. The van der Waals surface area contributed by atoms with E-state index in [-0.39, 0.29) is 11.4 Å². The van der Waals surface area contributed by atoms with Gasteiger partial charge in [-0.1, -0.05) is 74.3 Å². The van der Waals surface area contributed by atoms with Crippen molar-refractivity contribution in [3.8, 4) is 5.75 Å². The molecule has 50 heavy (non-hydrogen) atoms. The Balaban J connectivity index is 1.81. The summed E-state index contributed by atoms with van der Waals surface area (Å²) in [6.45, 7) is 17.2. The molecule has 1 atom stereocenters. The fraction of sp³-hybridized carbons (Fsp3) is 0.500. The van der Waals surface area contributed by atoms with Gasteiger partial charge in [-0.25, -0.2) is 4.79 Å². The number of carbonyl (C=O) groups is 1. The quantitative estimate of drug-likeness (QED) is 0.115. The van der Waals surface area contributed by atoms with Crippen molar-refractivity contribution in [2.75, 3.05) is 64.1 Å². The van der Waals surface area contributed by atoms with Gasteiger partial charge in [-0.2, -0.15) is 0 Å². The number of halogens is 2. The number of carbonyl (C=O) groups excluding carboxylic acids is 1. The van der Waals surface area contributed by atoms with Crippen LogP contribution in [0.5, 0.6) is 5.75 Å². The van der Waals surface area contributed by atoms with Crippen molar-refractivity contribution < 1.29 is 13.7 Å². The summed E-state index contributed by atoms with van der Waals surface area (Å²) in [6.07, 6.45) is 5.16. The van der Waals surface area contributed by atoms with E-state index in [4.69, 9.17) is 32.9 Å². The molecule has 0 radical (unpaired) electrons. The number of rotatable bonds is 12. The maximum Gasteiger partial charge on any atom is 0.325 e. The second-order valence-corrected chi connectivity index (χ2v) is 19.4. The normalized spacial score (nSPS) is 16.2. The second kappa shape index (κ2) is 17.1. The largest absolute Gasteiger partial charge is 0.493 e. The molecule has 0 spiro atoms. The van der Waals surface area contributed by atoms with Gasteiger partial charge >= 0.3 is 6.03 Å². The third-order valence-electron chi connectivity index (χ3n) is 9.29. The van der Waals surface area contributed by atoms with Gasteiger partial charge in [-0.15, -0.1) is 9.93 Å². The molecular weight excluding hydrogens is 687 g/mol. The summed E-state index contributed by atoms with van der Waals surface area (Å²) in [7, 11) is -2.04. The Kier molecular flexibility index (Phi) is 13.6. The van der Waals surface area contributed by atoms with Gasteiger partial charge in [0.05, 0.1) is 17.7 Å². The predicted molar refractivity (Wildman–Crippen MR) is 213 cm³/mol. The maximum atomic E-state index is 14.6. The van der Waals surface area contributed by atoms with Crippen molar-refractivity contribution in [3.05, 3.63) is 99.0 Å². The average molecular weight is 744 g/mol. The lowest BCUT2D eigenvalue weighted by Gasteiger charge is -2.38. The zero-order valence-electron chi connectivity index (χ0n) is 31.1. The maximum absolute atomic E-state index is 14.6. The molecule has 0 unspecified atom stereocenters. The molecule has 1 fully saturated rings. The SMILES string of the molecule is CCOc1cc(C(C)(C)C)ccc1/C(=N/[C@](C)(Cc1ccc(Cl)cc1)c1ccc(Cl)cc1)N(CC)C(=O)N1CCN(CCC[SH](C)(C)=O)CC1. The fourth-order valence-corrected chi connectivity index (χ4v) is 7.50. The Hall–Kier alpha value is -2.91. The number of amidine groups is 1. The lowest BCUT2D eigenvalue weighted by molar-refractivity contribution is 0.126. The van der Waals surface area contributed by atoms with E-state index >= 15 is 0 Å². The van der Waals surface area contributed by atoms with Crippen LogP contribution in [0.1, 0.15) is 70.2 Å². The Bertz CT molecular complexity index is 1660. The van der Waals surface area contributed by atoms with Gasteiger partial charge < -0.3 is 9.64 Å². The van der Waals surface area contributed by atoms with Crippen molar-refractivity contribution in [2.45, 2.75) is 65.3 Å². The molecule has 0 aliphatic carbocycles. The molecule has 0 aromatic heterocycles. The van der Waals surface area contributed by atoms with Gasteiger partial charge in [0.25, 0.3) is 0 Å². The first-order valence-electron chi connectivity index (χ1n) is 17.7. The molecule has 274 valence electrons. The summed E-state index contributed by atoms with van der Waals surface area (Å²) in [4.78, 5) is 26.3. The van der Waals surface area contributed by atoms with Gasteiger partial charge in [-0.3, -0.25) is 19.0 Å². The van der Waals surface area contributed by atoms with E-state index in [2.05, 4.69) is 50.8 Å². The van der Waals surface area contributed by atoms with Crippen molar-refractivity contribution in [1.29, 1.82) is 0 Å². The van der Waals surface area contributed by atoms with Gasteiger partial charge in [0.2, 0.25) is 0 Å². The summed E-state index contributed by atoms with van der Waals surface area (Å²) in [6, 6.07) is 21.8. The second-order valence-electron chi connectivity index (χ2n) is 14.9. The van der Waals surface area contributed by atoms with Crippen LogP contribution in [0.15, 0.2) is 71.7 Å². The number of nitrogens with zero attached hydrogens (tertiary/aromatic N) is 4. The first-order chi connectivity index (χ1) is 23.5. The monoisotopic (exact) mass is 742 g/mol. The van der Waals surface area contributed by atoms with Crippen LogP contribution in [0.25, 0.3) is 0 Å². The first-order valence-corrected chi connectivity index (χ1v) is 21.3. The van der Waals surface area contributed by atoms with Crippen molar-refractivity contribution >= 4 is 45.0 Å². The average Bonchev–Trinajstić information content (AvgIpc) is 3.05. The van der Waals surface area contributed by atoms with E-state index in [1.807, 2.05) is 84.7 Å². The first kappa shape index (κ1) is 39.9. The lowest BCUT2D eigenvalue weighted by atomic mass is 9.85. The molecule has 0 N–H and O–H groups in total. The van der Waals surface area contributed by atoms with E-state index in [0.29, 0.717) is 54.3 Å². The number of hydrogen-bond acceptors (Lipinski definition) is 5. The van der Waals surface area contributed by atoms with Crippen molar-refractivity contribution in [3.63, 3.8) is 0 Å². The summed E-state index contributed by atoms with van der Waals surface area (Å²) in [5.41, 5.74) is 3.06. The van der Waals surface area contributed by atoms with E-state index in [0.717, 1.165) is 54.1 Å². The Morgan fingerprint density at radius 2 is 1.46 bits per heavy atom. The fourth-order valence-electron chi connectivity index (χ4n) is 6.35. The molecule has 2 amide bonds. The van der Waals surface area contributed by atoms with Crippen LogP contribution < -0.4 is 4.74 Å². The highest BCUT2D eigenvalue weighted by Crippen LogP contribution is 2.35. The van der Waals surface area contributed by atoms with E-state index in [9.17, 15) is 9.00 Å². The molecule has 1 heterocycles. The van der Waals surface area contributed by atoms with Crippen LogP contribution in [-0.4, -0.2) is 94.9 Å². The van der Waals surface area contributed by atoms with Crippen LogP contribution in [0.4, 0.5) is 4.79 Å². The molecule has 3 aromatic rings. The lowest BCUT2D eigenvalue weighted by Crippen LogP contribution is -2.54. The molecule has 10 heteroatoms. The Morgan fingerprint density at radius 1 is 0.880 bits per heavy atom. The molecular formula is C40H56Cl2N4O3S. The number of ether oxygens (including phenoxy) is 1. The zero-order valence-corrected chi connectivity index (χ0v) is 33.5. The number of aliphatic imine (C=N–C) groups is 1. The number of piperazine rings is 1. The van der Waals surface area contributed by atoms with E-state index < -0.39 is 15.5 Å². The highest BCUT2D eigenvalue weighted by Gasteiger charge is 2.34. The van der Waals surface area contributed by atoms with Crippen LogP contribution in [0.2, 0.25) is 10.0 Å². The molecule has 3 aromatic carbocycles. The smallest absolute Gasteiger partial charge is 0.325 e. The molecule has 1 aliphatic heterocycles. The summed E-state index contributed by atoms with van der Waals surface area (Å²) >= 11 is 12.6. The number of thiol groups is 1. The van der Waals surface area contributed by atoms with Gasteiger partial charge in [0, 0.05) is 54.9 Å². The highest BCUT2D eigenvalue weighted by molar-refractivity contribution is 8.01. The zero-order chi connectivity index (χ0) is 36.7. The van der Waals surface area contributed by atoms with Crippen LogP contribution >= 0.6 is 23.2 Å². The predicted octanol–water partition coefficient (Wildman–Crippen LogP) is 8.32. The standard InChI is InChI=1S/C40H56Cl2N4O3S/c1-9-46(38(47)45-25-23-44(24-26-45)22-11-27-50(7,8)48)37(35-21-16-32(39(3,4)5)28-36(35)49-10-2)43-40(6,31-14-19-34(42)20-15-31)29-30-12-17-33(41)18-13-30/h12-21,28,50H,9-11,22-27,29H2,1-8H3/b43-37-/t40-/m1/s1. The van der Waals surface area contributed by atoms with E-state index in [1.54, 1.807) is 0 Å². The summed E-state index contributed by atoms with van der Waals surface area (Å²) in [5.74, 6) is 2.01. The molecule has 1 aliphatic rings. The molecule has 4 rings (SSSR count). The molecule has 1 saturated heterocycles. The van der Waals surface area contributed by atoms with Gasteiger partial charge in [0.1, 0.15) is 11.6 Å². The Labute approximate surface area is 311 Å². The minimum Gasteiger partial charge on any atom is -0.493 e. The van der Waals surface area contributed by atoms with Crippen LogP contribution in [0.3, 0.4) is 0 Å². The van der Waals surface area contributed by atoms with Crippen molar-refractivity contribution in [2.24, 2.45) is 4.99 Å². The van der Waals surface area contributed by atoms with Crippen LogP contribution in [-0.2, 0) is 27.3 Å². The van der Waals surface area contributed by atoms with E-state index in [1.165, 1.54) is 0 Å². The van der Waals surface area contributed by atoms with Gasteiger partial charge in [-0.05, 0) is 105 Å². The third-order valence-corrected chi connectivity index (χ3v) is 11.2. The topological polar surface area (TPSA) is 65.5 Å².